The van der Waals surface area contributed by atoms with Crippen molar-refractivity contribution in [2.75, 3.05) is 20.2 Å². The van der Waals surface area contributed by atoms with Gasteiger partial charge < -0.3 is 14.5 Å². The minimum atomic E-state index is -0.171. The second kappa shape index (κ2) is 8.25. The largest absolute Gasteiger partial charge is 0.496 e. The molecule has 0 atom stereocenters. The van der Waals surface area contributed by atoms with Crippen molar-refractivity contribution in [3.63, 3.8) is 0 Å². The van der Waals surface area contributed by atoms with Crippen LogP contribution in [0, 0.1) is 0 Å². The number of likely N-dealkylation sites (tertiary alicyclic amines) is 1. The summed E-state index contributed by atoms with van der Waals surface area (Å²) in [6.07, 6.45) is 1.82. The molecule has 0 unspecified atom stereocenters. The number of hydrogen-bond donors (Lipinski definition) is 1. The van der Waals surface area contributed by atoms with Gasteiger partial charge in [-0.25, -0.2) is 0 Å². The summed E-state index contributed by atoms with van der Waals surface area (Å²) >= 11 is 6.00. The van der Waals surface area contributed by atoms with E-state index in [0.29, 0.717) is 16.4 Å². The fraction of sp³-hybridized carbons (Fsp3) is 0.318. The molecule has 1 aliphatic rings. The lowest BCUT2D eigenvalue weighted by Gasteiger charge is -2.32. The van der Waals surface area contributed by atoms with Gasteiger partial charge in [-0.1, -0.05) is 29.8 Å². The van der Waals surface area contributed by atoms with Crippen molar-refractivity contribution < 1.29 is 13.9 Å². The predicted octanol–water partition coefficient (Wildman–Crippen LogP) is 4.49. The van der Waals surface area contributed by atoms with E-state index in [-0.39, 0.29) is 11.9 Å². The van der Waals surface area contributed by atoms with Crippen LogP contribution in [0.15, 0.2) is 52.9 Å². The molecule has 0 radical (unpaired) electrons. The molecule has 1 N–H and O–H groups in total. The van der Waals surface area contributed by atoms with Crippen LogP contribution in [-0.4, -0.2) is 37.0 Å². The molecular formula is C22H23ClN2O3. The second-order valence-corrected chi connectivity index (χ2v) is 7.56. The molecule has 1 amide bonds. The van der Waals surface area contributed by atoms with E-state index in [1.807, 2.05) is 18.2 Å². The normalized spacial score (nSPS) is 15.6. The molecule has 5 nitrogen and oxygen atoms in total. The number of carbonyl (C=O) groups excluding carboxylic acids is 1. The van der Waals surface area contributed by atoms with Gasteiger partial charge >= 0.3 is 0 Å². The number of amides is 1. The average Bonchev–Trinajstić information content (AvgIpc) is 3.13. The molecule has 1 fully saturated rings. The van der Waals surface area contributed by atoms with Gasteiger partial charge in [0.15, 0.2) is 5.76 Å². The van der Waals surface area contributed by atoms with E-state index in [2.05, 4.69) is 16.3 Å². The third kappa shape index (κ3) is 4.16. The lowest BCUT2D eigenvalue weighted by molar-refractivity contribution is 0.0883. The molecule has 6 heteroatoms. The van der Waals surface area contributed by atoms with Crippen molar-refractivity contribution in [3.05, 3.63) is 64.9 Å². The van der Waals surface area contributed by atoms with Crippen LogP contribution in [0.4, 0.5) is 0 Å². The summed E-state index contributed by atoms with van der Waals surface area (Å²) in [5.74, 6) is 1.08. The quantitative estimate of drug-likeness (QED) is 0.688. The number of halogens is 1. The summed E-state index contributed by atoms with van der Waals surface area (Å²) < 4.78 is 11.1. The Morgan fingerprint density at radius 3 is 2.79 bits per heavy atom. The number of piperidine rings is 1. The third-order valence-electron chi connectivity index (χ3n) is 5.21. The zero-order chi connectivity index (χ0) is 19.5. The van der Waals surface area contributed by atoms with E-state index in [4.69, 9.17) is 20.8 Å². The minimum Gasteiger partial charge on any atom is -0.496 e. The van der Waals surface area contributed by atoms with Crippen LogP contribution in [0.5, 0.6) is 5.75 Å². The number of rotatable bonds is 5. The summed E-state index contributed by atoms with van der Waals surface area (Å²) in [4.78, 5) is 14.9. The Morgan fingerprint density at radius 2 is 2.00 bits per heavy atom. The average molecular weight is 399 g/mol. The van der Waals surface area contributed by atoms with Gasteiger partial charge in [0.2, 0.25) is 0 Å². The number of hydrogen-bond acceptors (Lipinski definition) is 4. The lowest BCUT2D eigenvalue weighted by atomic mass is 10.0. The first-order valence-electron chi connectivity index (χ1n) is 9.46. The number of benzene rings is 2. The molecule has 28 heavy (non-hydrogen) atoms. The second-order valence-electron chi connectivity index (χ2n) is 7.13. The Labute approximate surface area is 169 Å². The number of carbonyl (C=O) groups is 1. The van der Waals surface area contributed by atoms with Gasteiger partial charge in [-0.05, 0) is 43.2 Å². The van der Waals surface area contributed by atoms with Gasteiger partial charge in [0.25, 0.3) is 5.91 Å². The highest BCUT2D eigenvalue weighted by molar-refractivity contribution is 6.31. The third-order valence-corrected chi connectivity index (χ3v) is 5.45. The molecule has 1 aromatic heterocycles. The van der Waals surface area contributed by atoms with Crippen molar-refractivity contribution >= 4 is 28.5 Å². The highest BCUT2D eigenvalue weighted by Gasteiger charge is 2.23. The van der Waals surface area contributed by atoms with E-state index in [1.54, 1.807) is 31.4 Å². The number of ether oxygens (including phenoxy) is 1. The fourth-order valence-corrected chi connectivity index (χ4v) is 3.87. The standard InChI is InChI=1S/C22H23ClN2O3/c1-27-19-5-3-2-4-15(19)14-25-10-8-18(9-11-25)24-22(26)21-13-16-12-17(23)6-7-20(16)28-21/h2-7,12-13,18H,8-11,14H2,1H3,(H,24,26). The number of nitrogens with zero attached hydrogens (tertiary/aromatic N) is 1. The monoisotopic (exact) mass is 398 g/mol. The summed E-state index contributed by atoms with van der Waals surface area (Å²) in [5, 5.41) is 4.57. The number of fused-ring (bicyclic) bond motifs is 1. The highest BCUT2D eigenvalue weighted by Crippen LogP contribution is 2.24. The first-order chi connectivity index (χ1) is 13.6. The Bertz CT molecular complexity index is 977. The number of furan rings is 1. The molecule has 0 spiro atoms. The summed E-state index contributed by atoms with van der Waals surface area (Å²) in [6, 6.07) is 15.3. The molecule has 3 aromatic rings. The highest BCUT2D eigenvalue weighted by atomic mass is 35.5. The van der Waals surface area contributed by atoms with Crippen LogP contribution in [0.2, 0.25) is 5.02 Å². The van der Waals surface area contributed by atoms with Crippen LogP contribution in [0.25, 0.3) is 11.0 Å². The van der Waals surface area contributed by atoms with Crippen LogP contribution >= 0.6 is 11.6 Å². The predicted molar refractivity (Wildman–Crippen MR) is 110 cm³/mol. The number of para-hydroxylation sites is 1. The molecule has 0 bridgehead atoms. The van der Waals surface area contributed by atoms with Crippen LogP contribution in [0.3, 0.4) is 0 Å². The molecule has 1 saturated heterocycles. The van der Waals surface area contributed by atoms with Gasteiger partial charge in [0.1, 0.15) is 11.3 Å². The van der Waals surface area contributed by atoms with E-state index in [1.165, 1.54) is 5.56 Å². The van der Waals surface area contributed by atoms with Crippen LogP contribution in [-0.2, 0) is 6.54 Å². The van der Waals surface area contributed by atoms with Crippen molar-refractivity contribution in [1.82, 2.24) is 10.2 Å². The van der Waals surface area contributed by atoms with Crippen LogP contribution < -0.4 is 10.1 Å². The Balaban J connectivity index is 1.33. The topological polar surface area (TPSA) is 54.7 Å². The Morgan fingerprint density at radius 1 is 1.21 bits per heavy atom. The minimum absolute atomic E-state index is 0.151. The van der Waals surface area contributed by atoms with Gasteiger partial charge in [-0.3, -0.25) is 9.69 Å². The fourth-order valence-electron chi connectivity index (χ4n) is 3.69. The van der Waals surface area contributed by atoms with E-state index in [9.17, 15) is 4.79 Å². The van der Waals surface area contributed by atoms with Gasteiger partial charge in [-0.15, -0.1) is 0 Å². The molecule has 0 saturated carbocycles. The maximum absolute atomic E-state index is 12.6. The smallest absolute Gasteiger partial charge is 0.287 e. The molecule has 1 aliphatic heterocycles. The Kier molecular flexibility index (Phi) is 5.55. The summed E-state index contributed by atoms with van der Waals surface area (Å²) in [6.45, 7) is 2.71. The zero-order valence-corrected chi connectivity index (χ0v) is 16.5. The first-order valence-corrected chi connectivity index (χ1v) is 9.84. The van der Waals surface area contributed by atoms with Gasteiger partial charge in [0, 0.05) is 41.6 Å². The maximum atomic E-state index is 12.6. The molecule has 4 rings (SSSR count). The van der Waals surface area contributed by atoms with E-state index < -0.39 is 0 Å². The van der Waals surface area contributed by atoms with Crippen LogP contribution in [0.1, 0.15) is 29.0 Å². The number of nitrogens with one attached hydrogen (secondary N) is 1. The SMILES string of the molecule is COc1ccccc1CN1CCC(NC(=O)c2cc3cc(Cl)ccc3o2)CC1. The molecule has 2 aromatic carbocycles. The van der Waals surface area contributed by atoms with Crippen molar-refractivity contribution in [1.29, 1.82) is 0 Å². The summed E-state index contributed by atoms with van der Waals surface area (Å²) in [5.41, 5.74) is 1.86. The van der Waals surface area contributed by atoms with E-state index >= 15 is 0 Å². The van der Waals surface area contributed by atoms with E-state index in [0.717, 1.165) is 43.6 Å². The molecular weight excluding hydrogens is 376 g/mol. The molecule has 0 aliphatic carbocycles. The zero-order valence-electron chi connectivity index (χ0n) is 15.8. The molecule has 146 valence electrons. The van der Waals surface area contributed by atoms with Gasteiger partial charge in [-0.2, -0.15) is 0 Å². The summed E-state index contributed by atoms with van der Waals surface area (Å²) in [7, 11) is 1.70. The van der Waals surface area contributed by atoms with Gasteiger partial charge in [0.05, 0.1) is 7.11 Å². The number of methoxy groups -OCH3 is 1. The van der Waals surface area contributed by atoms with Crippen molar-refractivity contribution in [2.24, 2.45) is 0 Å². The Hall–Kier alpha value is -2.50. The molecule has 2 heterocycles. The first kappa shape index (κ1) is 18.8. The van der Waals surface area contributed by atoms with Crippen molar-refractivity contribution in [2.45, 2.75) is 25.4 Å². The maximum Gasteiger partial charge on any atom is 0.287 e. The van der Waals surface area contributed by atoms with Crippen molar-refractivity contribution in [3.8, 4) is 5.75 Å². The lowest BCUT2D eigenvalue weighted by Crippen LogP contribution is -2.44.